The number of methoxy groups -OCH3 is 1. The SMILES string of the molecule is CC[C@H](C)NC(=O)[C@@H](C)N(Cc1ccc(F)cc1)C(=O)CN(c1cc(C)ccc1OC)S(=O)(=O)c1ccccc1. The van der Waals surface area contributed by atoms with Crippen molar-refractivity contribution in [2.75, 3.05) is 18.0 Å². The molecule has 2 atom stereocenters. The Kier molecular flexibility index (Phi) is 10.3. The van der Waals surface area contributed by atoms with Crippen LogP contribution in [0.5, 0.6) is 5.75 Å². The van der Waals surface area contributed by atoms with Crippen molar-refractivity contribution in [3.63, 3.8) is 0 Å². The van der Waals surface area contributed by atoms with Crippen molar-refractivity contribution in [1.29, 1.82) is 0 Å². The third kappa shape index (κ3) is 7.38. The minimum absolute atomic E-state index is 0.000920. The van der Waals surface area contributed by atoms with Gasteiger partial charge in [-0.15, -0.1) is 0 Å². The lowest BCUT2D eigenvalue weighted by Gasteiger charge is -2.33. The van der Waals surface area contributed by atoms with Crippen LogP contribution in [0.3, 0.4) is 0 Å². The van der Waals surface area contributed by atoms with Crippen molar-refractivity contribution >= 4 is 27.5 Å². The maximum Gasteiger partial charge on any atom is 0.264 e. The number of carbonyl (C=O) groups excluding carboxylic acids is 2. The minimum atomic E-state index is -4.22. The van der Waals surface area contributed by atoms with Gasteiger partial charge in [-0.1, -0.05) is 43.3 Å². The van der Waals surface area contributed by atoms with E-state index in [-0.39, 0.29) is 34.8 Å². The summed E-state index contributed by atoms with van der Waals surface area (Å²) in [5.74, 6) is -1.16. The van der Waals surface area contributed by atoms with Crippen LogP contribution in [0.4, 0.5) is 10.1 Å². The molecule has 0 aliphatic rings. The molecule has 40 heavy (non-hydrogen) atoms. The van der Waals surface area contributed by atoms with Crippen LogP contribution in [0.1, 0.15) is 38.3 Å². The molecule has 0 aliphatic heterocycles. The van der Waals surface area contributed by atoms with E-state index in [9.17, 15) is 22.4 Å². The summed E-state index contributed by atoms with van der Waals surface area (Å²) in [4.78, 5) is 28.4. The molecule has 3 aromatic carbocycles. The monoisotopic (exact) mass is 569 g/mol. The molecule has 0 spiro atoms. The molecule has 0 bridgehead atoms. The lowest BCUT2D eigenvalue weighted by atomic mass is 10.1. The summed E-state index contributed by atoms with van der Waals surface area (Å²) in [5.41, 5.74) is 1.54. The predicted octanol–water partition coefficient (Wildman–Crippen LogP) is 4.67. The molecule has 1 N–H and O–H groups in total. The summed E-state index contributed by atoms with van der Waals surface area (Å²) in [6.45, 7) is 6.55. The highest BCUT2D eigenvalue weighted by Crippen LogP contribution is 2.33. The molecule has 0 radical (unpaired) electrons. The van der Waals surface area contributed by atoms with E-state index in [1.807, 2.05) is 13.8 Å². The highest BCUT2D eigenvalue weighted by Gasteiger charge is 2.34. The van der Waals surface area contributed by atoms with E-state index in [0.717, 1.165) is 9.87 Å². The standard InChI is InChI=1S/C30H36FN3O5S/c1-6-22(3)32-30(36)23(4)33(19-24-13-15-25(31)16-14-24)29(35)20-34(27-18-21(2)12-17-28(27)39-5)40(37,38)26-10-8-7-9-11-26/h7-18,22-23H,6,19-20H2,1-5H3,(H,32,36)/t22-,23+/m0/s1. The van der Waals surface area contributed by atoms with Crippen LogP contribution in [-0.4, -0.2) is 50.9 Å². The van der Waals surface area contributed by atoms with Crippen LogP contribution >= 0.6 is 0 Å². The maximum absolute atomic E-state index is 14.0. The van der Waals surface area contributed by atoms with Gasteiger partial charge in [0.2, 0.25) is 11.8 Å². The fraction of sp³-hybridized carbons (Fsp3) is 0.333. The van der Waals surface area contributed by atoms with Crippen molar-refractivity contribution in [2.24, 2.45) is 0 Å². The van der Waals surface area contributed by atoms with E-state index in [0.29, 0.717) is 12.0 Å². The van der Waals surface area contributed by atoms with Crippen molar-refractivity contribution in [2.45, 2.75) is 57.6 Å². The van der Waals surface area contributed by atoms with Crippen molar-refractivity contribution in [1.82, 2.24) is 10.2 Å². The number of nitrogens with zero attached hydrogens (tertiary/aromatic N) is 2. The number of sulfonamides is 1. The molecule has 0 heterocycles. The number of carbonyl (C=O) groups is 2. The fourth-order valence-electron chi connectivity index (χ4n) is 4.06. The van der Waals surface area contributed by atoms with E-state index in [2.05, 4.69) is 5.32 Å². The largest absolute Gasteiger partial charge is 0.495 e. The van der Waals surface area contributed by atoms with Gasteiger partial charge in [0.05, 0.1) is 17.7 Å². The average Bonchev–Trinajstić information content (AvgIpc) is 2.95. The molecule has 3 aromatic rings. The highest BCUT2D eigenvalue weighted by molar-refractivity contribution is 7.92. The summed E-state index contributed by atoms with van der Waals surface area (Å²) in [6, 6.07) is 17.4. The predicted molar refractivity (Wildman–Crippen MR) is 153 cm³/mol. The summed E-state index contributed by atoms with van der Waals surface area (Å²) in [7, 11) is -2.80. The topological polar surface area (TPSA) is 96.0 Å². The van der Waals surface area contributed by atoms with Gasteiger partial charge >= 0.3 is 0 Å². The summed E-state index contributed by atoms with van der Waals surface area (Å²) in [6.07, 6.45) is 0.695. The summed E-state index contributed by atoms with van der Waals surface area (Å²) < 4.78 is 47.9. The molecule has 214 valence electrons. The number of ether oxygens (including phenoxy) is 1. The van der Waals surface area contributed by atoms with E-state index in [1.165, 1.54) is 48.4 Å². The van der Waals surface area contributed by atoms with Gasteiger partial charge < -0.3 is 15.0 Å². The number of anilines is 1. The summed E-state index contributed by atoms with van der Waals surface area (Å²) >= 11 is 0. The van der Waals surface area contributed by atoms with Crippen molar-refractivity contribution in [3.05, 3.63) is 89.7 Å². The quantitative estimate of drug-likeness (QED) is 0.342. The Morgan fingerprint density at radius 3 is 2.25 bits per heavy atom. The Morgan fingerprint density at radius 2 is 1.65 bits per heavy atom. The number of hydrogen-bond donors (Lipinski definition) is 1. The molecule has 0 aliphatic carbocycles. The van der Waals surface area contributed by atoms with E-state index in [1.54, 1.807) is 50.2 Å². The Hall–Kier alpha value is -3.92. The van der Waals surface area contributed by atoms with E-state index < -0.39 is 34.3 Å². The van der Waals surface area contributed by atoms with Crippen LogP contribution in [0.15, 0.2) is 77.7 Å². The van der Waals surface area contributed by atoms with Crippen molar-refractivity contribution in [3.8, 4) is 5.75 Å². The normalized spacial score (nSPS) is 12.8. The minimum Gasteiger partial charge on any atom is -0.495 e. The van der Waals surface area contributed by atoms with Gasteiger partial charge in [-0.05, 0) is 74.7 Å². The van der Waals surface area contributed by atoms with Crippen LogP contribution in [0.25, 0.3) is 0 Å². The molecular weight excluding hydrogens is 533 g/mol. The first-order chi connectivity index (χ1) is 19.0. The molecule has 0 aromatic heterocycles. The van der Waals surface area contributed by atoms with Crippen LogP contribution in [0, 0.1) is 12.7 Å². The number of rotatable bonds is 12. The molecule has 2 amide bonds. The smallest absolute Gasteiger partial charge is 0.264 e. The molecule has 0 unspecified atom stereocenters. The van der Waals surface area contributed by atoms with Gasteiger partial charge in [0.25, 0.3) is 10.0 Å². The Labute approximate surface area is 235 Å². The molecule has 0 saturated heterocycles. The van der Waals surface area contributed by atoms with Gasteiger partial charge in [0, 0.05) is 12.6 Å². The fourth-order valence-corrected chi connectivity index (χ4v) is 5.50. The second-order valence-corrected chi connectivity index (χ2v) is 11.5. The first-order valence-electron chi connectivity index (χ1n) is 13.0. The second-order valence-electron chi connectivity index (χ2n) is 9.64. The zero-order valence-electron chi connectivity index (χ0n) is 23.4. The third-order valence-electron chi connectivity index (χ3n) is 6.65. The average molecular weight is 570 g/mol. The lowest BCUT2D eigenvalue weighted by molar-refractivity contribution is -0.139. The number of aryl methyl sites for hydroxylation is 1. The van der Waals surface area contributed by atoms with Crippen LogP contribution in [-0.2, 0) is 26.2 Å². The molecule has 0 saturated carbocycles. The Morgan fingerprint density at radius 1 is 1.00 bits per heavy atom. The number of halogens is 1. The van der Waals surface area contributed by atoms with Gasteiger partial charge in [-0.3, -0.25) is 13.9 Å². The first-order valence-corrected chi connectivity index (χ1v) is 14.5. The van der Waals surface area contributed by atoms with Crippen molar-refractivity contribution < 1.29 is 27.1 Å². The van der Waals surface area contributed by atoms with Gasteiger partial charge in [-0.2, -0.15) is 0 Å². The maximum atomic E-state index is 14.0. The van der Waals surface area contributed by atoms with Crippen LogP contribution < -0.4 is 14.4 Å². The number of nitrogens with one attached hydrogen (secondary N) is 1. The summed E-state index contributed by atoms with van der Waals surface area (Å²) in [5, 5.41) is 2.88. The number of benzene rings is 3. The van der Waals surface area contributed by atoms with E-state index >= 15 is 0 Å². The Balaban J connectivity index is 2.08. The lowest BCUT2D eigenvalue weighted by Crippen LogP contribution is -2.52. The van der Waals surface area contributed by atoms with Crippen LogP contribution in [0.2, 0.25) is 0 Å². The molecule has 10 heteroatoms. The zero-order chi connectivity index (χ0) is 29.4. The second kappa shape index (κ2) is 13.4. The van der Waals surface area contributed by atoms with Gasteiger partial charge in [0.15, 0.2) is 0 Å². The Bertz CT molecular complexity index is 1420. The third-order valence-corrected chi connectivity index (χ3v) is 8.42. The zero-order valence-corrected chi connectivity index (χ0v) is 24.2. The van der Waals surface area contributed by atoms with E-state index in [4.69, 9.17) is 4.74 Å². The number of amides is 2. The van der Waals surface area contributed by atoms with Gasteiger partial charge in [-0.25, -0.2) is 12.8 Å². The number of hydrogen-bond acceptors (Lipinski definition) is 5. The molecule has 3 rings (SSSR count). The highest BCUT2D eigenvalue weighted by atomic mass is 32.2. The first kappa shape index (κ1) is 30.6. The molecule has 8 nitrogen and oxygen atoms in total. The molecule has 0 fully saturated rings. The molecular formula is C30H36FN3O5S. The van der Waals surface area contributed by atoms with Gasteiger partial charge in [0.1, 0.15) is 24.2 Å².